The number of rotatable bonds is 9. The number of aromatic nitrogens is 1. The molecule has 0 spiro atoms. The number of ether oxygens (including phenoxy) is 2. The van der Waals surface area contributed by atoms with Crippen molar-refractivity contribution in [3.05, 3.63) is 48.2 Å². The van der Waals surface area contributed by atoms with E-state index in [2.05, 4.69) is 22.1 Å². The van der Waals surface area contributed by atoms with Gasteiger partial charge >= 0.3 is 0 Å². The second kappa shape index (κ2) is 10.8. The van der Waals surface area contributed by atoms with E-state index in [0.29, 0.717) is 24.8 Å². The Labute approximate surface area is 173 Å². The van der Waals surface area contributed by atoms with Gasteiger partial charge in [0.15, 0.2) is 0 Å². The lowest BCUT2D eigenvalue weighted by Crippen LogP contribution is -2.49. The molecule has 1 saturated heterocycles. The Morgan fingerprint density at radius 3 is 2.72 bits per heavy atom. The van der Waals surface area contributed by atoms with Crippen LogP contribution in [-0.2, 0) is 11.3 Å². The SMILES string of the molecule is CCCN1CCCCC1C(=O)NCc1ccnc(Oc2ccc(OCC)cc2)c1. The molecule has 0 aliphatic carbocycles. The molecule has 1 aliphatic rings. The zero-order chi connectivity index (χ0) is 20.5. The zero-order valence-corrected chi connectivity index (χ0v) is 17.4. The first-order chi connectivity index (χ1) is 14.2. The smallest absolute Gasteiger partial charge is 0.237 e. The highest BCUT2D eigenvalue weighted by molar-refractivity contribution is 5.81. The van der Waals surface area contributed by atoms with Crippen LogP contribution in [0.3, 0.4) is 0 Å². The van der Waals surface area contributed by atoms with E-state index in [1.54, 1.807) is 6.20 Å². The summed E-state index contributed by atoms with van der Waals surface area (Å²) in [4.78, 5) is 19.3. The summed E-state index contributed by atoms with van der Waals surface area (Å²) >= 11 is 0. The Hall–Kier alpha value is -2.60. The minimum Gasteiger partial charge on any atom is -0.494 e. The van der Waals surface area contributed by atoms with Gasteiger partial charge in [-0.05, 0) is 75.2 Å². The number of carbonyl (C=O) groups is 1. The van der Waals surface area contributed by atoms with Crippen LogP contribution in [0.2, 0.25) is 0 Å². The van der Waals surface area contributed by atoms with E-state index in [4.69, 9.17) is 9.47 Å². The normalized spacial score (nSPS) is 17.0. The van der Waals surface area contributed by atoms with Gasteiger partial charge in [-0.3, -0.25) is 9.69 Å². The van der Waals surface area contributed by atoms with Crippen LogP contribution < -0.4 is 14.8 Å². The van der Waals surface area contributed by atoms with Crippen LogP contribution in [0.15, 0.2) is 42.6 Å². The lowest BCUT2D eigenvalue weighted by molar-refractivity contribution is -0.127. The van der Waals surface area contributed by atoms with Crippen LogP contribution in [0.1, 0.15) is 45.1 Å². The number of hydrogen-bond acceptors (Lipinski definition) is 5. The first-order valence-corrected chi connectivity index (χ1v) is 10.6. The molecule has 1 aliphatic heterocycles. The second-order valence-corrected chi connectivity index (χ2v) is 7.27. The van der Waals surface area contributed by atoms with Gasteiger partial charge in [-0.25, -0.2) is 4.98 Å². The van der Waals surface area contributed by atoms with E-state index < -0.39 is 0 Å². The fourth-order valence-corrected chi connectivity index (χ4v) is 3.66. The molecule has 6 nitrogen and oxygen atoms in total. The number of amides is 1. The Morgan fingerprint density at radius 2 is 1.97 bits per heavy atom. The third-order valence-corrected chi connectivity index (χ3v) is 5.05. The summed E-state index contributed by atoms with van der Waals surface area (Å²) in [7, 11) is 0. The van der Waals surface area contributed by atoms with E-state index in [9.17, 15) is 4.79 Å². The summed E-state index contributed by atoms with van der Waals surface area (Å²) in [5.74, 6) is 2.12. The molecule has 6 heteroatoms. The number of nitrogens with zero attached hydrogens (tertiary/aromatic N) is 2. The monoisotopic (exact) mass is 397 g/mol. The molecule has 0 bridgehead atoms. The summed E-state index contributed by atoms with van der Waals surface area (Å²) in [6, 6.07) is 11.2. The summed E-state index contributed by atoms with van der Waals surface area (Å²) in [6.07, 6.45) is 6.01. The summed E-state index contributed by atoms with van der Waals surface area (Å²) < 4.78 is 11.3. The molecule has 1 aromatic heterocycles. The maximum absolute atomic E-state index is 12.7. The van der Waals surface area contributed by atoms with Gasteiger partial charge in [-0.15, -0.1) is 0 Å². The molecule has 29 heavy (non-hydrogen) atoms. The predicted molar refractivity (Wildman–Crippen MR) is 113 cm³/mol. The minimum atomic E-state index is -0.00916. The standard InChI is InChI=1S/C23H31N3O3/c1-3-14-26-15-6-5-7-21(26)23(27)25-17-18-12-13-24-22(16-18)29-20-10-8-19(9-11-20)28-4-2/h8-13,16,21H,3-7,14-15,17H2,1-2H3,(H,25,27). The molecule has 2 aromatic rings. The third-order valence-electron chi connectivity index (χ3n) is 5.05. The Morgan fingerprint density at radius 1 is 1.17 bits per heavy atom. The fraction of sp³-hybridized carbons (Fsp3) is 0.478. The first-order valence-electron chi connectivity index (χ1n) is 10.6. The lowest BCUT2D eigenvalue weighted by Gasteiger charge is -2.34. The highest BCUT2D eigenvalue weighted by Gasteiger charge is 2.27. The topological polar surface area (TPSA) is 63.7 Å². The van der Waals surface area contributed by atoms with Crippen LogP contribution >= 0.6 is 0 Å². The molecule has 1 unspecified atom stereocenters. The van der Waals surface area contributed by atoms with Crippen molar-refractivity contribution < 1.29 is 14.3 Å². The molecule has 2 heterocycles. The fourth-order valence-electron chi connectivity index (χ4n) is 3.66. The molecule has 1 fully saturated rings. The number of pyridine rings is 1. The van der Waals surface area contributed by atoms with Crippen LogP contribution in [0.25, 0.3) is 0 Å². The Balaban J connectivity index is 1.56. The maximum atomic E-state index is 12.7. The van der Waals surface area contributed by atoms with E-state index in [1.165, 1.54) is 6.42 Å². The number of benzene rings is 1. The Bertz CT molecular complexity index is 777. The largest absolute Gasteiger partial charge is 0.494 e. The van der Waals surface area contributed by atoms with Crippen LogP contribution in [0.5, 0.6) is 17.4 Å². The minimum absolute atomic E-state index is 0.00916. The molecular weight excluding hydrogens is 366 g/mol. The highest BCUT2D eigenvalue weighted by atomic mass is 16.5. The average Bonchev–Trinajstić information content (AvgIpc) is 2.75. The van der Waals surface area contributed by atoms with E-state index >= 15 is 0 Å². The second-order valence-electron chi connectivity index (χ2n) is 7.27. The average molecular weight is 398 g/mol. The van der Waals surface area contributed by atoms with Gasteiger partial charge in [0.25, 0.3) is 0 Å². The first kappa shape index (κ1) is 21.1. The molecule has 1 aromatic carbocycles. The van der Waals surface area contributed by atoms with E-state index in [1.807, 2.05) is 43.3 Å². The van der Waals surface area contributed by atoms with Crippen molar-refractivity contribution in [3.63, 3.8) is 0 Å². The van der Waals surface area contributed by atoms with Crippen molar-refractivity contribution in [2.75, 3.05) is 19.7 Å². The molecule has 1 atom stereocenters. The van der Waals surface area contributed by atoms with Crippen LogP contribution in [0, 0.1) is 0 Å². The summed E-state index contributed by atoms with van der Waals surface area (Å²) in [5, 5.41) is 3.09. The van der Waals surface area contributed by atoms with Crippen molar-refractivity contribution in [2.24, 2.45) is 0 Å². The van der Waals surface area contributed by atoms with Crippen molar-refractivity contribution in [2.45, 2.75) is 52.1 Å². The van der Waals surface area contributed by atoms with E-state index in [-0.39, 0.29) is 11.9 Å². The summed E-state index contributed by atoms with van der Waals surface area (Å²) in [5.41, 5.74) is 0.965. The molecule has 0 radical (unpaired) electrons. The van der Waals surface area contributed by atoms with Gasteiger partial charge in [-0.1, -0.05) is 13.3 Å². The van der Waals surface area contributed by atoms with Crippen LogP contribution in [0.4, 0.5) is 0 Å². The lowest BCUT2D eigenvalue weighted by atomic mass is 10.0. The number of piperidine rings is 1. The molecule has 156 valence electrons. The molecule has 1 amide bonds. The predicted octanol–water partition coefficient (Wildman–Crippen LogP) is 4.15. The number of hydrogen-bond donors (Lipinski definition) is 1. The maximum Gasteiger partial charge on any atom is 0.237 e. The molecular formula is C23H31N3O3. The zero-order valence-electron chi connectivity index (χ0n) is 17.4. The highest BCUT2D eigenvalue weighted by Crippen LogP contribution is 2.23. The van der Waals surface area contributed by atoms with Gasteiger partial charge in [0, 0.05) is 18.8 Å². The summed E-state index contributed by atoms with van der Waals surface area (Å²) in [6.45, 7) is 7.21. The molecule has 1 N–H and O–H groups in total. The number of carbonyl (C=O) groups excluding carboxylic acids is 1. The van der Waals surface area contributed by atoms with Crippen LogP contribution in [-0.4, -0.2) is 41.5 Å². The molecule has 3 rings (SSSR count). The van der Waals surface area contributed by atoms with Crippen molar-refractivity contribution >= 4 is 5.91 Å². The van der Waals surface area contributed by atoms with Gasteiger partial charge in [-0.2, -0.15) is 0 Å². The van der Waals surface area contributed by atoms with Gasteiger partial charge in [0.05, 0.1) is 12.6 Å². The van der Waals surface area contributed by atoms with Gasteiger partial charge in [0.1, 0.15) is 11.5 Å². The quantitative estimate of drug-likeness (QED) is 0.689. The third kappa shape index (κ3) is 6.19. The van der Waals surface area contributed by atoms with Crippen molar-refractivity contribution in [1.29, 1.82) is 0 Å². The van der Waals surface area contributed by atoms with Crippen molar-refractivity contribution in [1.82, 2.24) is 15.2 Å². The van der Waals surface area contributed by atoms with Gasteiger partial charge < -0.3 is 14.8 Å². The van der Waals surface area contributed by atoms with E-state index in [0.717, 1.165) is 43.7 Å². The van der Waals surface area contributed by atoms with Gasteiger partial charge in [0.2, 0.25) is 11.8 Å². The number of nitrogens with one attached hydrogen (secondary N) is 1. The molecule has 0 saturated carbocycles. The van der Waals surface area contributed by atoms with Crippen molar-refractivity contribution in [3.8, 4) is 17.4 Å². The Kier molecular flexibility index (Phi) is 7.87. The number of likely N-dealkylation sites (tertiary alicyclic amines) is 1.